The number of likely N-dealkylation sites (N-methyl/N-ethyl adjacent to an activating group) is 1. The summed E-state index contributed by atoms with van der Waals surface area (Å²) in [5, 5.41) is 24.1. The summed E-state index contributed by atoms with van der Waals surface area (Å²) in [5.74, 6) is -1.53. The molecule has 0 aromatic heterocycles. The number of aliphatic hydroxyl groups excluding tert-OH is 1. The number of carbonyl (C=O) groups excluding carboxylic acids is 2. The quantitative estimate of drug-likeness (QED) is 0.274. The normalized spacial score (nSPS) is 16.3. The minimum atomic E-state index is -0.923. The van der Waals surface area contributed by atoms with Crippen LogP contribution in [-0.4, -0.2) is 73.4 Å². The summed E-state index contributed by atoms with van der Waals surface area (Å²) >= 11 is 0.830. The van der Waals surface area contributed by atoms with Crippen LogP contribution in [0.25, 0.3) is 6.08 Å². The molecule has 0 spiro atoms. The number of benzene rings is 1. The Labute approximate surface area is 182 Å². The highest BCUT2D eigenvalue weighted by Crippen LogP contribution is 2.40. The van der Waals surface area contributed by atoms with E-state index >= 15 is 0 Å². The standard InChI is InChI=1S/C19H22N4O7S/c1-20-11-6-7-12(23(27)28)10(8-9-24)13(11)17-21-16(22(2)3)14(18(25)29-4)15(31-17)19(26)30-5/h6-9,16,20,24H,1-5H3. The van der Waals surface area contributed by atoms with E-state index < -0.39 is 23.0 Å². The van der Waals surface area contributed by atoms with Crippen LogP contribution >= 0.6 is 11.8 Å². The second-order valence-corrected chi connectivity index (χ2v) is 7.34. The van der Waals surface area contributed by atoms with Gasteiger partial charge in [-0.1, -0.05) is 11.8 Å². The predicted octanol–water partition coefficient (Wildman–Crippen LogP) is 2.15. The van der Waals surface area contributed by atoms with Crippen molar-refractivity contribution in [1.82, 2.24) is 4.90 Å². The van der Waals surface area contributed by atoms with E-state index in [2.05, 4.69) is 10.3 Å². The molecule has 1 heterocycles. The first-order chi connectivity index (χ1) is 14.7. The molecule has 0 aliphatic carbocycles. The zero-order valence-electron chi connectivity index (χ0n) is 17.5. The van der Waals surface area contributed by atoms with Crippen molar-refractivity contribution in [3.05, 3.63) is 50.1 Å². The number of nitrogens with zero attached hydrogens (tertiary/aromatic N) is 3. The van der Waals surface area contributed by atoms with Crippen LogP contribution in [0.15, 0.2) is 33.9 Å². The van der Waals surface area contributed by atoms with Gasteiger partial charge in [-0.25, -0.2) is 9.59 Å². The fourth-order valence-electron chi connectivity index (χ4n) is 2.96. The van der Waals surface area contributed by atoms with E-state index in [-0.39, 0.29) is 32.3 Å². The minimum Gasteiger partial charge on any atom is -0.516 e. The van der Waals surface area contributed by atoms with E-state index in [1.165, 1.54) is 32.4 Å². The molecular weight excluding hydrogens is 428 g/mol. The van der Waals surface area contributed by atoms with Crippen LogP contribution in [0, 0.1) is 10.1 Å². The molecule has 1 aliphatic rings. The van der Waals surface area contributed by atoms with Gasteiger partial charge in [0.05, 0.1) is 36.5 Å². The number of rotatable bonds is 7. The van der Waals surface area contributed by atoms with E-state index in [9.17, 15) is 24.8 Å². The van der Waals surface area contributed by atoms with E-state index in [1.807, 2.05) is 0 Å². The molecule has 1 aromatic carbocycles. The van der Waals surface area contributed by atoms with Crippen LogP contribution in [-0.2, 0) is 19.1 Å². The Morgan fingerprint density at radius 1 is 1.29 bits per heavy atom. The van der Waals surface area contributed by atoms with Crippen molar-refractivity contribution in [2.45, 2.75) is 6.17 Å². The Bertz CT molecular complexity index is 1000. The molecule has 2 rings (SSSR count). The maximum absolute atomic E-state index is 12.5. The van der Waals surface area contributed by atoms with Crippen molar-refractivity contribution in [3.8, 4) is 0 Å². The number of methoxy groups -OCH3 is 2. The maximum Gasteiger partial charge on any atom is 0.345 e. The second kappa shape index (κ2) is 10.1. The van der Waals surface area contributed by atoms with E-state index in [0.29, 0.717) is 11.9 Å². The number of aliphatic hydroxyl groups is 1. The Kier molecular flexibility index (Phi) is 7.78. The van der Waals surface area contributed by atoms with Gasteiger partial charge in [0, 0.05) is 24.4 Å². The number of carbonyl (C=O) groups is 2. The van der Waals surface area contributed by atoms with Gasteiger partial charge in [0.1, 0.15) is 16.1 Å². The van der Waals surface area contributed by atoms with Crippen molar-refractivity contribution in [3.63, 3.8) is 0 Å². The highest BCUT2D eigenvalue weighted by Gasteiger charge is 2.38. The number of thioether (sulfide) groups is 1. The Balaban J connectivity index is 2.86. The molecule has 11 nitrogen and oxygen atoms in total. The summed E-state index contributed by atoms with van der Waals surface area (Å²) in [4.78, 5) is 42.1. The molecule has 166 valence electrons. The van der Waals surface area contributed by atoms with Crippen molar-refractivity contribution in [2.75, 3.05) is 40.7 Å². The zero-order valence-corrected chi connectivity index (χ0v) is 18.3. The van der Waals surface area contributed by atoms with Gasteiger partial charge in [-0.2, -0.15) is 0 Å². The third-order valence-corrected chi connectivity index (χ3v) is 5.44. The second-order valence-electron chi connectivity index (χ2n) is 6.34. The number of nitro groups is 1. The molecule has 0 fully saturated rings. The topological polar surface area (TPSA) is 144 Å². The first kappa shape index (κ1) is 23.9. The SMILES string of the molecule is CNc1ccc([N+](=O)[O-])c(C=CO)c1C1=NC(N(C)C)C(C(=O)OC)=C(C(=O)OC)S1. The van der Waals surface area contributed by atoms with E-state index in [1.54, 1.807) is 26.0 Å². The first-order valence-electron chi connectivity index (χ1n) is 8.84. The number of nitro benzene ring substituents is 1. The fourth-order valence-corrected chi connectivity index (χ4v) is 4.10. The number of nitrogens with one attached hydrogen (secondary N) is 1. The summed E-state index contributed by atoms with van der Waals surface area (Å²) in [6.07, 6.45) is 0.923. The largest absolute Gasteiger partial charge is 0.516 e. The van der Waals surface area contributed by atoms with Gasteiger partial charge in [-0.05, 0) is 26.2 Å². The zero-order chi connectivity index (χ0) is 23.3. The minimum absolute atomic E-state index is 0.0104. The van der Waals surface area contributed by atoms with Crippen LogP contribution in [0.1, 0.15) is 11.1 Å². The summed E-state index contributed by atoms with van der Waals surface area (Å²) in [7, 11) is 7.28. The van der Waals surface area contributed by atoms with E-state index in [0.717, 1.165) is 11.8 Å². The maximum atomic E-state index is 12.5. The lowest BCUT2D eigenvalue weighted by Gasteiger charge is -2.29. The molecule has 0 saturated heterocycles. The number of ether oxygens (including phenoxy) is 2. The molecule has 12 heteroatoms. The van der Waals surface area contributed by atoms with Crippen LogP contribution < -0.4 is 5.32 Å². The third kappa shape index (κ3) is 4.70. The third-order valence-electron chi connectivity index (χ3n) is 4.35. The van der Waals surface area contributed by atoms with Gasteiger partial charge in [-0.3, -0.25) is 20.0 Å². The Morgan fingerprint density at radius 3 is 2.42 bits per heavy atom. The summed E-state index contributed by atoms with van der Waals surface area (Å²) < 4.78 is 9.68. The highest BCUT2D eigenvalue weighted by molar-refractivity contribution is 8.18. The van der Waals surface area contributed by atoms with Crippen LogP contribution in [0.3, 0.4) is 0 Å². The Hall–Kier alpha value is -3.38. The van der Waals surface area contributed by atoms with Gasteiger partial charge in [-0.15, -0.1) is 0 Å². The number of hydrogen-bond donors (Lipinski definition) is 2. The van der Waals surface area contributed by atoms with Crippen molar-refractivity contribution < 1.29 is 29.1 Å². The molecule has 1 aromatic rings. The lowest BCUT2D eigenvalue weighted by atomic mass is 10.0. The predicted molar refractivity (Wildman–Crippen MR) is 117 cm³/mol. The number of hydrogen-bond acceptors (Lipinski definition) is 11. The average molecular weight is 450 g/mol. The molecule has 0 saturated carbocycles. The number of anilines is 1. The van der Waals surface area contributed by atoms with Gasteiger partial charge in [0.15, 0.2) is 0 Å². The molecule has 31 heavy (non-hydrogen) atoms. The fraction of sp³-hybridized carbons (Fsp3) is 0.316. The lowest BCUT2D eigenvalue weighted by molar-refractivity contribution is -0.385. The molecule has 1 atom stereocenters. The molecule has 1 unspecified atom stereocenters. The molecule has 0 bridgehead atoms. The molecule has 2 N–H and O–H groups in total. The smallest absolute Gasteiger partial charge is 0.345 e. The molecule has 0 amide bonds. The van der Waals surface area contributed by atoms with Crippen molar-refractivity contribution >= 4 is 46.2 Å². The monoisotopic (exact) mass is 450 g/mol. The lowest BCUT2D eigenvalue weighted by Crippen LogP contribution is -2.37. The summed E-state index contributed by atoms with van der Waals surface area (Å²) in [6, 6.07) is 2.78. The molecular formula is C19H22N4O7S. The van der Waals surface area contributed by atoms with Crippen LogP contribution in [0.5, 0.6) is 0 Å². The van der Waals surface area contributed by atoms with Crippen molar-refractivity contribution in [2.24, 2.45) is 4.99 Å². The van der Waals surface area contributed by atoms with Crippen LogP contribution in [0.4, 0.5) is 11.4 Å². The average Bonchev–Trinajstić information content (AvgIpc) is 2.76. The molecule has 1 aliphatic heterocycles. The van der Waals surface area contributed by atoms with Crippen molar-refractivity contribution in [1.29, 1.82) is 0 Å². The summed E-state index contributed by atoms with van der Waals surface area (Å²) in [6.45, 7) is 0. The number of aliphatic imine (C=N–C) groups is 1. The van der Waals surface area contributed by atoms with Crippen LogP contribution in [0.2, 0.25) is 0 Å². The van der Waals surface area contributed by atoms with Gasteiger partial charge < -0.3 is 19.9 Å². The van der Waals surface area contributed by atoms with Gasteiger partial charge in [0.2, 0.25) is 0 Å². The van der Waals surface area contributed by atoms with Gasteiger partial charge >= 0.3 is 11.9 Å². The van der Waals surface area contributed by atoms with E-state index in [4.69, 9.17) is 9.47 Å². The first-order valence-corrected chi connectivity index (χ1v) is 9.66. The van der Waals surface area contributed by atoms with Gasteiger partial charge in [0.25, 0.3) is 5.69 Å². The Morgan fingerprint density at radius 2 is 1.94 bits per heavy atom. The summed E-state index contributed by atoms with van der Waals surface area (Å²) in [5.41, 5.74) is 0.543. The number of esters is 2. The highest BCUT2D eigenvalue weighted by atomic mass is 32.2. The molecule has 0 radical (unpaired) electrons.